The predicted octanol–water partition coefficient (Wildman–Crippen LogP) is 4.12. The summed E-state index contributed by atoms with van der Waals surface area (Å²) in [7, 11) is 1.58. The maximum Gasteiger partial charge on any atom is 0.226 e. The van der Waals surface area contributed by atoms with Gasteiger partial charge >= 0.3 is 0 Å². The minimum absolute atomic E-state index is 0.141. The molecule has 1 aliphatic rings. The Morgan fingerprint density at radius 1 is 1.19 bits per heavy atom. The Hall–Kier alpha value is -2.95. The second-order valence-electron chi connectivity index (χ2n) is 6.49. The van der Waals surface area contributed by atoms with Crippen LogP contribution in [0.3, 0.4) is 0 Å². The van der Waals surface area contributed by atoms with E-state index in [1.54, 1.807) is 7.11 Å². The quantitative estimate of drug-likeness (QED) is 0.446. The molecule has 26 heavy (non-hydrogen) atoms. The van der Waals surface area contributed by atoms with Crippen molar-refractivity contribution in [2.45, 2.75) is 24.8 Å². The molecule has 0 fully saturated rings. The molecule has 5 heteroatoms. The molecule has 0 aromatic heterocycles. The van der Waals surface area contributed by atoms with E-state index in [1.807, 2.05) is 60.7 Å². The number of carbonyl (C=O) groups is 1. The predicted molar refractivity (Wildman–Crippen MR) is 99.7 cm³/mol. The van der Waals surface area contributed by atoms with Crippen LogP contribution in [0.2, 0.25) is 0 Å². The molecule has 2 aromatic carbocycles. The van der Waals surface area contributed by atoms with Gasteiger partial charge in [0.05, 0.1) is 18.9 Å². The maximum absolute atomic E-state index is 11.9. The van der Waals surface area contributed by atoms with Gasteiger partial charge in [0.15, 0.2) is 0 Å². The van der Waals surface area contributed by atoms with E-state index in [2.05, 4.69) is 0 Å². The summed E-state index contributed by atoms with van der Waals surface area (Å²) >= 11 is 0. The standard InChI is InChI=1S/C21H21NO4/c1-26-19-9-5-8-16(13-19)20-14-18(15-6-3-2-4-7-15)12-17(10-11-23)21(20)22(24)25/h2-9,11-13,17,20-21H,10,14H2,1H3/t17-,20-,21+/m1/s1. The van der Waals surface area contributed by atoms with Crippen LogP contribution in [0.25, 0.3) is 5.57 Å². The van der Waals surface area contributed by atoms with Gasteiger partial charge in [-0.3, -0.25) is 10.1 Å². The minimum atomic E-state index is -0.834. The average molecular weight is 351 g/mol. The van der Waals surface area contributed by atoms with Crippen LogP contribution in [-0.4, -0.2) is 24.4 Å². The number of nitrogens with zero attached hydrogens (tertiary/aromatic N) is 1. The first-order valence-electron chi connectivity index (χ1n) is 8.61. The van der Waals surface area contributed by atoms with Crippen molar-refractivity contribution < 1.29 is 14.5 Å². The summed E-state index contributed by atoms with van der Waals surface area (Å²) in [5.74, 6) is -0.0692. The summed E-state index contributed by atoms with van der Waals surface area (Å²) in [5, 5.41) is 11.9. The van der Waals surface area contributed by atoms with Crippen molar-refractivity contribution in [2.24, 2.45) is 5.92 Å². The lowest BCUT2D eigenvalue weighted by molar-refractivity contribution is -0.534. The second kappa shape index (κ2) is 7.95. The molecule has 0 unspecified atom stereocenters. The molecule has 0 amide bonds. The minimum Gasteiger partial charge on any atom is -0.497 e. The van der Waals surface area contributed by atoms with Crippen LogP contribution in [0.5, 0.6) is 5.75 Å². The molecule has 0 aliphatic heterocycles. The Kier molecular flexibility index (Phi) is 5.46. The normalized spacial score (nSPS) is 22.3. The number of aldehydes is 1. The Labute approximate surface area is 152 Å². The number of benzene rings is 2. The van der Waals surface area contributed by atoms with Crippen LogP contribution in [0.4, 0.5) is 0 Å². The highest BCUT2D eigenvalue weighted by atomic mass is 16.6. The molecule has 134 valence electrons. The zero-order valence-electron chi connectivity index (χ0n) is 14.6. The second-order valence-corrected chi connectivity index (χ2v) is 6.49. The third kappa shape index (κ3) is 3.67. The maximum atomic E-state index is 11.9. The smallest absolute Gasteiger partial charge is 0.226 e. The molecule has 0 N–H and O–H groups in total. The SMILES string of the molecule is COc1cccc([C@H]2CC(c3ccccc3)=C[C@@H](CC=O)[C@@H]2[N+](=O)[O-])c1. The summed E-state index contributed by atoms with van der Waals surface area (Å²) < 4.78 is 5.29. The molecule has 3 atom stereocenters. The van der Waals surface area contributed by atoms with Gasteiger partial charge in [0.1, 0.15) is 12.0 Å². The number of carbonyl (C=O) groups excluding carboxylic acids is 1. The zero-order chi connectivity index (χ0) is 18.5. The molecule has 5 nitrogen and oxygen atoms in total. The van der Waals surface area contributed by atoms with Gasteiger partial charge in [0.25, 0.3) is 0 Å². The largest absolute Gasteiger partial charge is 0.497 e. The zero-order valence-corrected chi connectivity index (χ0v) is 14.6. The molecule has 2 aromatic rings. The van der Waals surface area contributed by atoms with Crippen LogP contribution in [0.15, 0.2) is 60.7 Å². The van der Waals surface area contributed by atoms with Gasteiger partial charge < -0.3 is 9.53 Å². The Morgan fingerprint density at radius 3 is 2.62 bits per heavy atom. The summed E-state index contributed by atoms with van der Waals surface area (Å²) in [5.41, 5.74) is 2.95. The summed E-state index contributed by atoms with van der Waals surface area (Å²) in [6.07, 6.45) is 3.38. The lowest BCUT2D eigenvalue weighted by Crippen LogP contribution is -2.37. The van der Waals surface area contributed by atoms with E-state index < -0.39 is 12.0 Å². The van der Waals surface area contributed by atoms with Crippen LogP contribution >= 0.6 is 0 Å². The fourth-order valence-corrected chi connectivity index (χ4v) is 3.76. The van der Waals surface area contributed by atoms with E-state index in [1.165, 1.54) is 0 Å². The summed E-state index contributed by atoms with van der Waals surface area (Å²) in [4.78, 5) is 22.8. The fraction of sp³-hybridized carbons (Fsp3) is 0.286. The molecule has 0 saturated carbocycles. The third-order valence-electron chi connectivity index (χ3n) is 4.98. The monoisotopic (exact) mass is 351 g/mol. The van der Waals surface area contributed by atoms with E-state index >= 15 is 0 Å². The van der Waals surface area contributed by atoms with Gasteiger partial charge in [-0.25, -0.2) is 0 Å². The first kappa shape index (κ1) is 17.9. The number of hydrogen-bond acceptors (Lipinski definition) is 4. The van der Waals surface area contributed by atoms with E-state index in [-0.39, 0.29) is 17.3 Å². The summed E-state index contributed by atoms with van der Waals surface area (Å²) in [6, 6.07) is 16.4. The van der Waals surface area contributed by atoms with Crippen LogP contribution in [-0.2, 0) is 4.79 Å². The van der Waals surface area contributed by atoms with Gasteiger partial charge in [-0.1, -0.05) is 48.5 Å². The average Bonchev–Trinajstić information content (AvgIpc) is 2.68. The van der Waals surface area contributed by atoms with Crippen molar-refractivity contribution in [1.82, 2.24) is 0 Å². The van der Waals surface area contributed by atoms with Crippen molar-refractivity contribution >= 4 is 11.9 Å². The first-order valence-corrected chi connectivity index (χ1v) is 8.61. The number of allylic oxidation sites excluding steroid dienone is 1. The topological polar surface area (TPSA) is 69.4 Å². The van der Waals surface area contributed by atoms with Gasteiger partial charge in [-0.05, 0) is 35.3 Å². The first-order chi connectivity index (χ1) is 12.6. The van der Waals surface area contributed by atoms with Crippen molar-refractivity contribution in [3.63, 3.8) is 0 Å². The van der Waals surface area contributed by atoms with Crippen molar-refractivity contribution in [3.8, 4) is 5.75 Å². The molecular weight excluding hydrogens is 330 g/mol. The molecule has 1 aliphatic carbocycles. The number of hydrogen-bond donors (Lipinski definition) is 0. The van der Waals surface area contributed by atoms with Crippen LogP contribution in [0.1, 0.15) is 29.9 Å². The Balaban J connectivity index is 2.07. The molecule has 0 bridgehead atoms. The van der Waals surface area contributed by atoms with Crippen LogP contribution in [0, 0.1) is 16.0 Å². The van der Waals surface area contributed by atoms with Crippen molar-refractivity contribution in [3.05, 3.63) is 81.9 Å². The lowest BCUT2D eigenvalue weighted by atomic mass is 9.72. The molecule has 0 saturated heterocycles. The molecule has 0 radical (unpaired) electrons. The highest BCUT2D eigenvalue weighted by Crippen LogP contribution is 2.42. The number of ether oxygens (including phenoxy) is 1. The number of rotatable bonds is 6. The highest BCUT2D eigenvalue weighted by molar-refractivity contribution is 5.69. The van der Waals surface area contributed by atoms with E-state index in [9.17, 15) is 14.9 Å². The van der Waals surface area contributed by atoms with E-state index in [0.29, 0.717) is 12.2 Å². The van der Waals surface area contributed by atoms with Crippen LogP contribution < -0.4 is 4.74 Å². The van der Waals surface area contributed by atoms with E-state index in [0.717, 1.165) is 23.0 Å². The van der Waals surface area contributed by atoms with E-state index in [4.69, 9.17) is 4.74 Å². The Bertz CT molecular complexity index is 816. The molecule has 0 spiro atoms. The fourth-order valence-electron chi connectivity index (χ4n) is 3.76. The Morgan fingerprint density at radius 2 is 1.96 bits per heavy atom. The van der Waals surface area contributed by atoms with Crippen molar-refractivity contribution in [2.75, 3.05) is 7.11 Å². The lowest BCUT2D eigenvalue weighted by Gasteiger charge is -2.31. The van der Waals surface area contributed by atoms with Gasteiger partial charge in [0.2, 0.25) is 6.04 Å². The number of methoxy groups -OCH3 is 1. The molecule has 3 rings (SSSR count). The van der Waals surface area contributed by atoms with Gasteiger partial charge in [0, 0.05) is 11.3 Å². The molecule has 0 heterocycles. The summed E-state index contributed by atoms with van der Waals surface area (Å²) in [6.45, 7) is 0. The highest BCUT2D eigenvalue weighted by Gasteiger charge is 2.42. The third-order valence-corrected chi connectivity index (χ3v) is 4.98. The molecular formula is C21H21NO4. The number of nitro groups is 1. The van der Waals surface area contributed by atoms with Gasteiger partial charge in [-0.15, -0.1) is 0 Å². The van der Waals surface area contributed by atoms with Gasteiger partial charge in [-0.2, -0.15) is 0 Å². The van der Waals surface area contributed by atoms with Crippen molar-refractivity contribution in [1.29, 1.82) is 0 Å².